The Labute approximate surface area is 226 Å². The molecule has 1 heterocycles. The maximum Gasteiger partial charge on any atom is 0.247 e. The molecule has 1 aliphatic rings. The van der Waals surface area contributed by atoms with Crippen LogP contribution in [0.15, 0.2) is 103 Å². The number of carbonyl (C=O) groups excluding carboxylic acids is 2. The third-order valence-corrected chi connectivity index (χ3v) is 6.62. The molecule has 2 amide bonds. The maximum absolute atomic E-state index is 13.8. The molecule has 6 nitrogen and oxygen atoms in total. The van der Waals surface area contributed by atoms with Gasteiger partial charge in [0.2, 0.25) is 18.6 Å². The Bertz CT molecular complexity index is 1390. The van der Waals surface area contributed by atoms with Crippen LogP contribution in [0.1, 0.15) is 28.3 Å². The summed E-state index contributed by atoms with van der Waals surface area (Å²) in [6, 6.07) is 31.0. The van der Waals surface area contributed by atoms with E-state index in [1.54, 1.807) is 17.0 Å². The lowest BCUT2D eigenvalue weighted by Crippen LogP contribution is -2.43. The first kappa shape index (κ1) is 25.4. The van der Waals surface area contributed by atoms with Gasteiger partial charge in [0.15, 0.2) is 11.5 Å². The van der Waals surface area contributed by atoms with E-state index < -0.39 is 6.04 Å². The smallest absolute Gasteiger partial charge is 0.247 e. The molecule has 0 spiro atoms. The average Bonchev–Trinajstić information content (AvgIpc) is 3.42. The van der Waals surface area contributed by atoms with Gasteiger partial charge in [-0.15, -0.1) is 0 Å². The lowest BCUT2D eigenvalue weighted by atomic mass is 10.0. The molecule has 0 bridgehead atoms. The third kappa shape index (κ3) is 6.15. The second-order valence-electron chi connectivity index (χ2n) is 9.03. The monoisotopic (exact) mass is 526 g/mol. The van der Waals surface area contributed by atoms with Gasteiger partial charge in [-0.3, -0.25) is 9.59 Å². The summed E-state index contributed by atoms with van der Waals surface area (Å²) in [5.74, 6) is 0.904. The molecule has 0 aliphatic carbocycles. The van der Waals surface area contributed by atoms with Crippen molar-refractivity contribution in [1.29, 1.82) is 0 Å². The lowest BCUT2D eigenvalue weighted by molar-refractivity contribution is -0.141. The van der Waals surface area contributed by atoms with E-state index in [-0.39, 0.29) is 38.1 Å². The quantitative estimate of drug-likeness (QED) is 0.304. The van der Waals surface area contributed by atoms with Crippen molar-refractivity contribution >= 4 is 23.4 Å². The first-order valence-electron chi connectivity index (χ1n) is 12.4. The maximum atomic E-state index is 13.8. The van der Waals surface area contributed by atoms with Crippen molar-refractivity contribution in [1.82, 2.24) is 10.2 Å². The Morgan fingerprint density at radius 3 is 2.18 bits per heavy atom. The number of amides is 2. The number of halogens is 1. The minimum absolute atomic E-state index is 0.142. The van der Waals surface area contributed by atoms with Crippen molar-refractivity contribution < 1.29 is 19.1 Å². The Kier molecular flexibility index (Phi) is 7.90. The minimum atomic E-state index is -0.829. The number of carbonyl (C=O) groups is 2. The van der Waals surface area contributed by atoms with Gasteiger partial charge in [-0.1, -0.05) is 90.5 Å². The fourth-order valence-electron chi connectivity index (χ4n) is 4.43. The van der Waals surface area contributed by atoms with Crippen molar-refractivity contribution in [3.63, 3.8) is 0 Å². The third-order valence-electron chi connectivity index (χ3n) is 6.36. The normalized spacial score (nSPS) is 12.6. The van der Waals surface area contributed by atoms with Crippen LogP contribution in [0, 0.1) is 0 Å². The van der Waals surface area contributed by atoms with Gasteiger partial charge in [0.1, 0.15) is 6.04 Å². The molecule has 4 aromatic rings. The first-order valence-corrected chi connectivity index (χ1v) is 12.7. The summed E-state index contributed by atoms with van der Waals surface area (Å²) >= 11 is 6.04. The van der Waals surface area contributed by atoms with Gasteiger partial charge < -0.3 is 19.7 Å². The van der Waals surface area contributed by atoms with Gasteiger partial charge in [0.25, 0.3) is 0 Å². The highest BCUT2D eigenvalue weighted by Gasteiger charge is 2.31. The summed E-state index contributed by atoms with van der Waals surface area (Å²) in [6.07, 6.45) is 0.142. The Morgan fingerprint density at radius 1 is 0.789 bits per heavy atom. The Balaban J connectivity index is 1.43. The number of hydrogen-bond acceptors (Lipinski definition) is 4. The molecule has 0 aromatic heterocycles. The van der Waals surface area contributed by atoms with E-state index in [1.807, 2.05) is 91.0 Å². The van der Waals surface area contributed by atoms with Gasteiger partial charge in [-0.2, -0.15) is 0 Å². The van der Waals surface area contributed by atoms with Crippen LogP contribution >= 0.6 is 11.6 Å². The van der Waals surface area contributed by atoms with Crippen molar-refractivity contribution in [2.75, 3.05) is 6.79 Å². The van der Waals surface area contributed by atoms with Crippen molar-refractivity contribution in [2.24, 2.45) is 0 Å². The molecule has 192 valence electrons. The van der Waals surface area contributed by atoms with Crippen LogP contribution in [0.3, 0.4) is 0 Å². The molecular formula is C31H27ClN2O4. The molecule has 1 atom stereocenters. The number of hydrogen-bond donors (Lipinski definition) is 1. The zero-order valence-electron chi connectivity index (χ0n) is 20.7. The van der Waals surface area contributed by atoms with E-state index >= 15 is 0 Å². The topological polar surface area (TPSA) is 67.9 Å². The zero-order chi connectivity index (χ0) is 26.3. The van der Waals surface area contributed by atoms with Gasteiger partial charge in [0.05, 0.1) is 6.42 Å². The van der Waals surface area contributed by atoms with Crippen LogP contribution in [-0.4, -0.2) is 23.5 Å². The Hall–Kier alpha value is -4.29. The fraction of sp³-hybridized carbons (Fsp3) is 0.161. The van der Waals surface area contributed by atoms with Crippen molar-refractivity contribution in [3.8, 4) is 11.5 Å². The second-order valence-corrected chi connectivity index (χ2v) is 9.47. The number of rotatable bonds is 9. The molecule has 0 unspecified atom stereocenters. The second kappa shape index (κ2) is 11.8. The van der Waals surface area contributed by atoms with E-state index in [0.717, 1.165) is 22.3 Å². The number of fused-ring (bicyclic) bond motifs is 1. The molecule has 0 saturated carbocycles. The fourth-order valence-corrected chi connectivity index (χ4v) is 4.55. The minimum Gasteiger partial charge on any atom is -0.454 e. The van der Waals surface area contributed by atoms with Crippen LogP contribution in [0.25, 0.3) is 0 Å². The van der Waals surface area contributed by atoms with E-state index in [9.17, 15) is 9.59 Å². The van der Waals surface area contributed by atoms with Crippen LogP contribution in [0.5, 0.6) is 11.5 Å². The Morgan fingerprint density at radius 2 is 1.45 bits per heavy atom. The molecule has 38 heavy (non-hydrogen) atoms. The molecule has 7 heteroatoms. The molecule has 5 rings (SSSR count). The largest absolute Gasteiger partial charge is 0.454 e. The van der Waals surface area contributed by atoms with E-state index in [1.165, 1.54) is 0 Å². The molecular weight excluding hydrogens is 500 g/mol. The van der Waals surface area contributed by atoms with Gasteiger partial charge >= 0.3 is 0 Å². The molecule has 1 aliphatic heterocycles. The number of nitrogens with one attached hydrogen (secondary N) is 1. The van der Waals surface area contributed by atoms with Crippen LogP contribution < -0.4 is 14.8 Å². The summed E-state index contributed by atoms with van der Waals surface area (Å²) < 4.78 is 10.9. The summed E-state index contributed by atoms with van der Waals surface area (Å²) in [7, 11) is 0. The van der Waals surface area contributed by atoms with Gasteiger partial charge in [-0.25, -0.2) is 0 Å². The summed E-state index contributed by atoms with van der Waals surface area (Å²) in [4.78, 5) is 29.3. The summed E-state index contributed by atoms with van der Waals surface area (Å²) in [5, 5.41) is 3.64. The van der Waals surface area contributed by atoms with Crippen LogP contribution in [-0.2, 0) is 29.1 Å². The molecule has 4 aromatic carbocycles. The number of ether oxygens (including phenoxy) is 2. The van der Waals surface area contributed by atoms with Crippen LogP contribution in [0.2, 0.25) is 5.02 Å². The summed E-state index contributed by atoms with van der Waals surface area (Å²) in [6.45, 7) is 0.749. The SMILES string of the molecule is O=C(NCc1ccc2c(c1)OCO2)[C@H](c1ccccc1)N(Cc1ccccc1)C(=O)Cc1ccc(Cl)cc1. The van der Waals surface area contributed by atoms with E-state index in [2.05, 4.69) is 5.32 Å². The highest BCUT2D eigenvalue weighted by molar-refractivity contribution is 6.30. The lowest BCUT2D eigenvalue weighted by Gasteiger charge is -2.32. The number of nitrogens with zero attached hydrogens (tertiary/aromatic N) is 1. The van der Waals surface area contributed by atoms with Crippen LogP contribution in [0.4, 0.5) is 0 Å². The molecule has 0 saturated heterocycles. The molecule has 0 radical (unpaired) electrons. The van der Waals surface area contributed by atoms with E-state index in [4.69, 9.17) is 21.1 Å². The number of benzene rings is 4. The highest BCUT2D eigenvalue weighted by atomic mass is 35.5. The standard InChI is InChI=1S/C31H27ClN2O4/c32-26-14-11-22(12-15-26)18-29(35)34(20-23-7-3-1-4-8-23)30(25-9-5-2-6-10-25)31(36)33-19-24-13-16-27-28(17-24)38-21-37-27/h1-17,30H,18-21H2,(H,33,36)/t30-/m0/s1. The van der Waals surface area contributed by atoms with Gasteiger partial charge in [0, 0.05) is 18.1 Å². The summed E-state index contributed by atoms with van der Waals surface area (Å²) in [5.41, 5.74) is 3.36. The average molecular weight is 527 g/mol. The van der Waals surface area contributed by atoms with Crippen molar-refractivity contribution in [3.05, 3.63) is 130 Å². The predicted octanol–water partition coefficient (Wildman–Crippen LogP) is 5.70. The predicted molar refractivity (Wildman–Crippen MR) is 146 cm³/mol. The molecule has 0 fully saturated rings. The molecule has 1 N–H and O–H groups in total. The van der Waals surface area contributed by atoms with E-state index in [0.29, 0.717) is 16.5 Å². The van der Waals surface area contributed by atoms with Crippen molar-refractivity contribution in [2.45, 2.75) is 25.6 Å². The van der Waals surface area contributed by atoms with Gasteiger partial charge in [-0.05, 0) is 46.5 Å². The zero-order valence-corrected chi connectivity index (χ0v) is 21.4. The highest BCUT2D eigenvalue weighted by Crippen LogP contribution is 2.32. The first-order chi connectivity index (χ1) is 18.6.